The summed E-state index contributed by atoms with van der Waals surface area (Å²) in [5.74, 6) is 1.65. The molecule has 34 heavy (non-hydrogen) atoms. The Bertz CT molecular complexity index is 1350. The molecule has 2 heterocycles. The number of aromatic nitrogens is 3. The Morgan fingerprint density at radius 3 is 2.65 bits per heavy atom. The highest BCUT2D eigenvalue weighted by Gasteiger charge is 2.18. The maximum atomic E-state index is 12.9. The summed E-state index contributed by atoms with van der Waals surface area (Å²) in [5, 5.41) is 19.8. The summed E-state index contributed by atoms with van der Waals surface area (Å²) in [5.41, 5.74) is 0.997. The number of nitrogens with one attached hydrogen (secondary N) is 1. The summed E-state index contributed by atoms with van der Waals surface area (Å²) in [6, 6.07) is 13.9. The molecule has 4 aromatic rings. The van der Waals surface area contributed by atoms with Gasteiger partial charge in [-0.25, -0.2) is 4.98 Å². The third-order valence-electron chi connectivity index (χ3n) is 4.47. The van der Waals surface area contributed by atoms with Gasteiger partial charge in [-0.1, -0.05) is 22.9 Å². The predicted molar refractivity (Wildman–Crippen MR) is 126 cm³/mol. The smallest absolute Gasteiger partial charge is 0.261 e. The van der Waals surface area contributed by atoms with Gasteiger partial charge in [0.15, 0.2) is 5.13 Å². The zero-order valence-electron chi connectivity index (χ0n) is 18.1. The molecule has 0 bridgehead atoms. The number of ether oxygens (including phenoxy) is 2. The van der Waals surface area contributed by atoms with Crippen molar-refractivity contribution in [2.75, 3.05) is 5.32 Å². The molecule has 1 atom stereocenters. The third kappa shape index (κ3) is 5.70. The van der Waals surface area contributed by atoms with Crippen molar-refractivity contribution in [1.29, 1.82) is 5.26 Å². The molecule has 1 N–H and O–H groups in total. The van der Waals surface area contributed by atoms with E-state index in [1.54, 1.807) is 56.3 Å². The molecule has 0 fully saturated rings. The first-order chi connectivity index (χ1) is 16.4. The molecule has 172 valence electrons. The summed E-state index contributed by atoms with van der Waals surface area (Å²) in [6.07, 6.45) is 1.35. The number of carbonyl (C=O) groups excluding carboxylic acids is 1. The number of anilines is 1. The second kappa shape index (κ2) is 10.3. The van der Waals surface area contributed by atoms with Crippen LogP contribution < -0.4 is 14.8 Å². The van der Waals surface area contributed by atoms with Gasteiger partial charge in [0.1, 0.15) is 27.7 Å². The average molecular weight is 496 g/mol. The summed E-state index contributed by atoms with van der Waals surface area (Å²) >= 11 is 7.05. The number of carbonyl (C=O) groups is 1. The molecule has 0 saturated carbocycles. The van der Waals surface area contributed by atoms with Gasteiger partial charge in [0.25, 0.3) is 5.91 Å². The average Bonchev–Trinajstić information content (AvgIpc) is 3.42. The van der Waals surface area contributed by atoms with Crippen molar-refractivity contribution >= 4 is 34.0 Å². The fourth-order valence-corrected chi connectivity index (χ4v) is 3.74. The van der Waals surface area contributed by atoms with Gasteiger partial charge in [0.05, 0.1) is 24.3 Å². The number of halogens is 1. The summed E-state index contributed by atoms with van der Waals surface area (Å²) < 4.78 is 17.7. The van der Waals surface area contributed by atoms with Crippen LogP contribution in [0.3, 0.4) is 0 Å². The van der Waals surface area contributed by atoms with Crippen molar-refractivity contribution in [1.82, 2.24) is 15.2 Å². The van der Waals surface area contributed by atoms with Crippen LogP contribution in [0.1, 0.15) is 29.6 Å². The van der Waals surface area contributed by atoms with Gasteiger partial charge in [0.2, 0.25) is 11.8 Å². The molecule has 0 saturated heterocycles. The van der Waals surface area contributed by atoms with Crippen LogP contribution >= 0.6 is 22.9 Å². The first-order valence-electron chi connectivity index (χ1n) is 10.1. The molecule has 0 aliphatic heterocycles. The van der Waals surface area contributed by atoms with E-state index in [1.165, 1.54) is 6.20 Å². The Kier molecular flexibility index (Phi) is 7.06. The molecular formula is C23H18ClN5O4S. The standard InChI is InChI=1S/C23H18ClN5O4S/c1-13(9-10-25)31-17-7-8-18(21(30)27-23-26-12-20(24)34-23)19(11-17)33-16-5-3-15(4-6-16)22-29-28-14(2)32-22/h3-8,11-13H,9H2,1-2H3,(H,26,27,30). The minimum atomic E-state index is -0.421. The monoisotopic (exact) mass is 495 g/mol. The highest BCUT2D eigenvalue weighted by molar-refractivity contribution is 7.19. The topological polar surface area (TPSA) is 123 Å². The molecule has 1 unspecified atom stereocenters. The maximum Gasteiger partial charge on any atom is 0.261 e. The van der Waals surface area contributed by atoms with Gasteiger partial charge >= 0.3 is 0 Å². The normalized spacial score (nSPS) is 11.5. The highest BCUT2D eigenvalue weighted by Crippen LogP contribution is 2.32. The number of thiazole rings is 1. The fourth-order valence-electron chi connectivity index (χ4n) is 2.93. The zero-order valence-corrected chi connectivity index (χ0v) is 19.7. The molecule has 0 spiro atoms. The first-order valence-corrected chi connectivity index (χ1v) is 11.3. The Labute approximate surface area is 203 Å². The molecule has 9 nitrogen and oxygen atoms in total. The lowest BCUT2D eigenvalue weighted by atomic mass is 10.1. The van der Waals surface area contributed by atoms with Crippen molar-refractivity contribution in [3.8, 4) is 34.8 Å². The van der Waals surface area contributed by atoms with Crippen LogP contribution in [-0.4, -0.2) is 27.2 Å². The van der Waals surface area contributed by atoms with Crippen LogP contribution in [0.2, 0.25) is 4.34 Å². The van der Waals surface area contributed by atoms with Gasteiger partial charge in [-0.05, 0) is 43.3 Å². The minimum absolute atomic E-state index is 0.222. The molecule has 0 radical (unpaired) electrons. The highest BCUT2D eigenvalue weighted by atomic mass is 35.5. The number of rotatable bonds is 8. The molecule has 0 aliphatic rings. The Morgan fingerprint density at radius 1 is 1.24 bits per heavy atom. The van der Waals surface area contributed by atoms with Crippen molar-refractivity contribution in [3.63, 3.8) is 0 Å². The molecule has 0 aliphatic carbocycles. The van der Waals surface area contributed by atoms with E-state index in [9.17, 15) is 4.79 Å². The lowest BCUT2D eigenvalue weighted by Crippen LogP contribution is -2.14. The van der Waals surface area contributed by atoms with E-state index in [0.717, 1.165) is 16.9 Å². The van der Waals surface area contributed by atoms with Crippen LogP contribution in [0.4, 0.5) is 5.13 Å². The Balaban J connectivity index is 1.60. The van der Waals surface area contributed by atoms with E-state index in [-0.39, 0.29) is 23.8 Å². The first kappa shape index (κ1) is 23.2. The number of amides is 1. The summed E-state index contributed by atoms with van der Waals surface area (Å²) in [6.45, 7) is 3.50. The van der Waals surface area contributed by atoms with Crippen LogP contribution in [0.25, 0.3) is 11.5 Å². The van der Waals surface area contributed by atoms with E-state index >= 15 is 0 Å². The number of hydrogen-bond acceptors (Lipinski definition) is 9. The predicted octanol–water partition coefficient (Wildman–Crippen LogP) is 5.88. The van der Waals surface area contributed by atoms with Crippen molar-refractivity contribution in [2.45, 2.75) is 26.4 Å². The van der Waals surface area contributed by atoms with Crippen LogP contribution in [0.5, 0.6) is 17.2 Å². The fraction of sp³-hybridized carbons (Fsp3) is 0.174. The quantitative estimate of drug-likeness (QED) is 0.321. The van der Waals surface area contributed by atoms with Gasteiger partial charge in [-0.15, -0.1) is 10.2 Å². The van der Waals surface area contributed by atoms with E-state index in [1.807, 2.05) is 0 Å². The molecule has 2 aromatic carbocycles. The second-order valence-electron chi connectivity index (χ2n) is 7.12. The van der Waals surface area contributed by atoms with Crippen molar-refractivity contribution < 1.29 is 18.7 Å². The van der Waals surface area contributed by atoms with Crippen molar-refractivity contribution in [3.05, 3.63) is 64.5 Å². The third-order valence-corrected chi connectivity index (χ3v) is 5.50. The van der Waals surface area contributed by atoms with E-state index in [4.69, 9.17) is 30.8 Å². The van der Waals surface area contributed by atoms with E-state index in [0.29, 0.717) is 32.7 Å². The lowest BCUT2D eigenvalue weighted by molar-refractivity contribution is 0.102. The SMILES string of the molecule is Cc1nnc(-c2ccc(Oc3cc(OC(C)CC#N)ccc3C(=O)Nc3ncc(Cl)s3)cc2)o1. The zero-order chi connectivity index (χ0) is 24.1. The largest absolute Gasteiger partial charge is 0.490 e. The molecule has 4 rings (SSSR count). The van der Waals surface area contributed by atoms with Gasteiger partial charge in [-0.3, -0.25) is 10.1 Å². The Morgan fingerprint density at radius 2 is 2.00 bits per heavy atom. The van der Waals surface area contributed by atoms with E-state index < -0.39 is 5.91 Å². The second-order valence-corrected chi connectivity index (χ2v) is 8.79. The molecular weight excluding hydrogens is 478 g/mol. The minimum Gasteiger partial charge on any atom is -0.490 e. The number of nitriles is 1. The number of hydrogen-bond donors (Lipinski definition) is 1. The van der Waals surface area contributed by atoms with Gasteiger partial charge < -0.3 is 13.9 Å². The van der Waals surface area contributed by atoms with Crippen molar-refractivity contribution in [2.24, 2.45) is 0 Å². The molecule has 1 amide bonds. The van der Waals surface area contributed by atoms with Crippen LogP contribution in [0, 0.1) is 18.3 Å². The maximum absolute atomic E-state index is 12.9. The van der Waals surface area contributed by atoms with Crippen LogP contribution in [-0.2, 0) is 0 Å². The Hall–Kier alpha value is -3.94. The van der Waals surface area contributed by atoms with Crippen LogP contribution in [0.15, 0.2) is 53.1 Å². The molecule has 2 aromatic heterocycles. The summed E-state index contributed by atoms with van der Waals surface area (Å²) in [4.78, 5) is 17.0. The van der Waals surface area contributed by atoms with Gasteiger partial charge in [0, 0.05) is 18.6 Å². The molecule has 11 heteroatoms. The lowest BCUT2D eigenvalue weighted by Gasteiger charge is -2.15. The van der Waals surface area contributed by atoms with Gasteiger partial charge in [-0.2, -0.15) is 5.26 Å². The van der Waals surface area contributed by atoms with E-state index in [2.05, 4.69) is 26.6 Å². The number of aryl methyl sites for hydroxylation is 1. The summed E-state index contributed by atoms with van der Waals surface area (Å²) in [7, 11) is 0. The number of nitrogens with zero attached hydrogens (tertiary/aromatic N) is 4. The number of benzene rings is 2.